The van der Waals surface area contributed by atoms with Crippen molar-refractivity contribution in [2.75, 3.05) is 24.1 Å². The number of likely N-dealkylation sites (tertiary alicyclic amines) is 1. The number of anilines is 2. The van der Waals surface area contributed by atoms with Crippen LogP contribution in [0, 0.1) is 19.3 Å². The van der Waals surface area contributed by atoms with Gasteiger partial charge in [0.15, 0.2) is 0 Å². The van der Waals surface area contributed by atoms with E-state index in [1.807, 2.05) is 18.2 Å². The lowest BCUT2D eigenvalue weighted by Gasteiger charge is -2.34. The van der Waals surface area contributed by atoms with Crippen LogP contribution in [0.25, 0.3) is 0 Å². The third kappa shape index (κ3) is 4.40. The molecule has 0 amide bonds. The smallest absolute Gasteiger partial charge is 0.0404 e. The predicted octanol–water partition coefficient (Wildman–Crippen LogP) is 3.96. The summed E-state index contributed by atoms with van der Waals surface area (Å²) < 4.78 is 0. The quantitative estimate of drug-likeness (QED) is 0.572. The van der Waals surface area contributed by atoms with E-state index in [2.05, 4.69) is 42.3 Å². The van der Waals surface area contributed by atoms with Crippen LogP contribution in [0.3, 0.4) is 0 Å². The van der Waals surface area contributed by atoms with Gasteiger partial charge >= 0.3 is 0 Å². The fraction of sp³-hybridized carbons (Fsp3) is 0.381. The molecule has 2 aromatic carbocycles. The van der Waals surface area contributed by atoms with Crippen LogP contribution in [-0.2, 0) is 6.54 Å². The van der Waals surface area contributed by atoms with Crippen LogP contribution >= 0.6 is 0 Å². The molecule has 0 aromatic heterocycles. The summed E-state index contributed by atoms with van der Waals surface area (Å²) in [7, 11) is 0. The van der Waals surface area contributed by atoms with Gasteiger partial charge in [0.2, 0.25) is 0 Å². The standard InChI is InChI=1S/C21H28N4/c1-15-5-6-17(10-16(15)2)13-25-9-3-4-20(14-25)24-19-7-8-21(23)18(11-19)12-22/h5-8,10-12,20,22,24H,3-4,9,13-14,23H2,1-2H3. The van der Waals surface area contributed by atoms with Gasteiger partial charge in [-0.3, -0.25) is 4.90 Å². The SMILES string of the molecule is Cc1ccc(CN2CCCC(Nc3ccc(N)c(C=N)c3)C2)cc1C. The minimum atomic E-state index is 0.433. The van der Waals surface area contributed by atoms with E-state index >= 15 is 0 Å². The number of nitrogens with zero attached hydrogens (tertiary/aromatic N) is 1. The van der Waals surface area contributed by atoms with Crippen molar-refractivity contribution in [2.45, 2.75) is 39.3 Å². The van der Waals surface area contributed by atoms with Gasteiger partial charge in [0.1, 0.15) is 0 Å². The largest absolute Gasteiger partial charge is 0.398 e. The van der Waals surface area contributed by atoms with Gasteiger partial charge in [-0.1, -0.05) is 18.2 Å². The van der Waals surface area contributed by atoms with Crippen molar-refractivity contribution in [2.24, 2.45) is 0 Å². The van der Waals surface area contributed by atoms with Gasteiger partial charge in [-0.25, -0.2) is 0 Å². The maximum atomic E-state index is 7.45. The summed E-state index contributed by atoms with van der Waals surface area (Å²) in [6.07, 6.45) is 3.69. The second kappa shape index (κ2) is 7.70. The first-order chi connectivity index (χ1) is 12.0. The fourth-order valence-electron chi connectivity index (χ4n) is 3.50. The second-order valence-corrected chi connectivity index (χ2v) is 7.13. The van der Waals surface area contributed by atoms with Crippen molar-refractivity contribution >= 4 is 17.6 Å². The third-order valence-electron chi connectivity index (χ3n) is 5.10. The van der Waals surface area contributed by atoms with Gasteiger partial charge < -0.3 is 16.5 Å². The van der Waals surface area contributed by atoms with Crippen molar-refractivity contribution < 1.29 is 0 Å². The molecule has 0 radical (unpaired) electrons. The van der Waals surface area contributed by atoms with E-state index in [0.717, 1.165) is 30.9 Å². The van der Waals surface area contributed by atoms with Gasteiger partial charge in [0, 0.05) is 42.3 Å². The molecule has 4 nitrogen and oxygen atoms in total. The number of benzene rings is 2. The molecule has 1 aliphatic rings. The number of hydrogen-bond acceptors (Lipinski definition) is 4. The Bertz CT molecular complexity index is 754. The second-order valence-electron chi connectivity index (χ2n) is 7.13. The molecule has 0 bridgehead atoms. The van der Waals surface area contributed by atoms with E-state index < -0.39 is 0 Å². The van der Waals surface area contributed by atoms with Gasteiger partial charge in [0.05, 0.1) is 0 Å². The number of nitrogens with one attached hydrogen (secondary N) is 2. The zero-order valence-electron chi connectivity index (χ0n) is 15.2. The first-order valence-corrected chi connectivity index (χ1v) is 9.00. The molecule has 4 N–H and O–H groups in total. The summed E-state index contributed by atoms with van der Waals surface area (Å²) in [6.45, 7) is 7.54. The number of aryl methyl sites for hydroxylation is 2. The van der Waals surface area contributed by atoms with Crippen LogP contribution in [0.5, 0.6) is 0 Å². The normalized spacial score (nSPS) is 18.1. The lowest BCUT2D eigenvalue weighted by Crippen LogP contribution is -2.41. The minimum absolute atomic E-state index is 0.433. The minimum Gasteiger partial charge on any atom is -0.398 e. The molecule has 1 fully saturated rings. The molecule has 1 aliphatic heterocycles. The van der Waals surface area contributed by atoms with Crippen LogP contribution < -0.4 is 11.1 Å². The number of piperidine rings is 1. The van der Waals surface area contributed by atoms with E-state index in [4.69, 9.17) is 11.1 Å². The highest BCUT2D eigenvalue weighted by molar-refractivity contribution is 5.86. The summed E-state index contributed by atoms with van der Waals surface area (Å²) in [5.41, 5.74) is 12.5. The Morgan fingerprint density at radius 2 is 2.04 bits per heavy atom. The first kappa shape index (κ1) is 17.5. The van der Waals surface area contributed by atoms with Crippen molar-refractivity contribution in [1.29, 1.82) is 5.41 Å². The highest BCUT2D eigenvalue weighted by Gasteiger charge is 2.20. The van der Waals surface area contributed by atoms with Gasteiger partial charge in [-0.15, -0.1) is 0 Å². The summed E-state index contributed by atoms with van der Waals surface area (Å²) in [5.74, 6) is 0. The molecule has 2 aromatic rings. The molecule has 0 saturated carbocycles. The summed E-state index contributed by atoms with van der Waals surface area (Å²) in [5, 5.41) is 11.1. The highest BCUT2D eigenvalue weighted by atomic mass is 15.2. The number of hydrogen-bond donors (Lipinski definition) is 3. The van der Waals surface area contributed by atoms with E-state index in [1.54, 1.807) is 0 Å². The number of nitrogens with two attached hydrogens (primary N) is 1. The van der Waals surface area contributed by atoms with E-state index in [1.165, 1.54) is 35.7 Å². The number of rotatable bonds is 5. The lowest BCUT2D eigenvalue weighted by molar-refractivity contribution is 0.208. The molecule has 25 heavy (non-hydrogen) atoms. The van der Waals surface area contributed by atoms with E-state index in [0.29, 0.717) is 11.7 Å². The molecule has 132 valence electrons. The van der Waals surface area contributed by atoms with Crippen molar-refractivity contribution in [3.8, 4) is 0 Å². The topological polar surface area (TPSA) is 65.1 Å². The molecule has 1 atom stereocenters. The lowest BCUT2D eigenvalue weighted by atomic mass is 10.0. The molecule has 3 rings (SSSR count). The van der Waals surface area contributed by atoms with Crippen molar-refractivity contribution in [1.82, 2.24) is 4.90 Å². The highest BCUT2D eigenvalue weighted by Crippen LogP contribution is 2.21. The van der Waals surface area contributed by atoms with Gasteiger partial charge in [-0.2, -0.15) is 0 Å². The van der Waals surface area contributed by atoms with Crippen molar-refractivity contribution in [3.63, 3.8) is 0 Å². The molecule has 1 saturated heterocycles. The van der Waals surface area contributed by atoms with Crippen LogP contribution in [0.2, 0.25) is 0 Å². The van der Waals surface area contributed by atoms with Crippen LogP contribution in [0.15, 0.2) is 36.4 Å². The summed E-state index contributed by atoms with van der Waals surface area (Å²) >= 11 is 0. The van der Waals surface area contributed by atoms with Crippen LogP contribution in [0.1, 0.15) is 35.1 Å². The molecule has 1 heterocycles. The summed E-state index contributed by atoms with van der Waals surface area (Å²) in [4.78, 5) is 2.53. The molecule has 1 unspecified atom stereocenters. The van der Waals surface area contributed by atoms with E-state index in [9.17, 15) is 0 Å². The average Bonchev–Trinajstić information content (AvgIpc) is 2.60. The summed E-state index contributed by atoms with van der Waals surface area (Å²) in [6, 6.07) is 13.0. The zero-order valence-corrected chi connectivity index (χ0v) is 15.2. The Hall–Kier alpha value is -2.33. The maximum absolute atomic E-state index is 7.45. The fourth-order valence-corrected chi connectivity index (χ4v) is 3.50. The van der Waals surface area contributed by atoms with Crippen molar-refractivity contribution in [3.05, 3.63) is 58.7 Å². The zero-order chi connectivity index (χ0) is 17.8. The van der Waals surface area contributed by atoms with Gasteiger partial charge in [-0.05, 0) is 68.1 Å². The monoisotopic (exact) mass is 336 g/mol. The maximum Gasteiger partial charge on any atom is 0.0404 e. The Labute approximate surface area is 150 Å². The van der Waals surface area contributed by atoms with Crippen LogP contribution in [0.4, 0.5) is 11.4 Å². The molecular formula is C21H28N4. The molecule has 0 spiro atoms. The van der Waals surface area contributed by atoms with E-state index in [-0.39, 0.29) is 0 Å². The average molecular weight is 336 g/mol. The first-order valence-electron chi connectivity index (χ1n) is 9.00. The molecule has 4 heteroatoms. The predicted molar refractivity (Wildman–Crippen MR) is 107 cm³/mol. The third-order valence-corrected chi connectivity index (χ3v) is 5.10. The van der Waals surface area contributed by atoms with Crippen LogP contribution in [-0.4, -0.2) is 30.2 Å². The molecular weight excluding hydrogens is 308 g/mol. The Kier molecular flexibility index (Phi) is 5.39. The number of nitrogen functional groups attached to an aromatic ring is 1. The Morgan fingerprint density at radius 3 is 2.80 bits per heavy atom. The Balaban J connectivity index is 1.62. The van der Waals surface area contributed by atoms with Gasteiger partial charge in [0.25, 0.3) is 0 Å². The Morgan fingerprint density at radius 1 is 1.20 bits per heavy atom. The molecule has 0 aliphatic carbocycles.